The monoisotopic (exact) mass is 277 g/mol. The maximum Gasteiger partial charge on any atom is 0.494 e. The number of benzene rings is 1. The van der Waals surface area contributed by atoms with Gasteiger partial charge in [-0.05, 0) is 38.7 Å². The van der Waals surface area contributed by atoms with Gasteiger partial charge in [-0.15, -0.1) is 0 Å². The van der Waals surface area contributed by atoms with Crippen molar-refractivity contribution in [1.82, 2.24) is 5.32 Å². The summed E-state index contributed by atoms with van der Waals surface area (Å²) in [4.78, 5) is 10.4. The fourth-order valence-electron chi connectivity index (χ4n) is 1.95. The Balaban J connectivity index is 2.06. The first-order valence-corrected chi connectivity index (χ1v) is 6.62. The number of hydrogen-bond acceptors (Lipinski definition) is 3. The van der Waals surface area contributed by atoms with Crippen LogP contribution >= 0.6 is 0 Å². The zero-order valence-electron chi connectivity index (χ0n) is 12.3. The van der Waals surface area contributed by atoms with Gasteiger partial charge in [0.2, 0.25) is 0 Å². The second kappa shape index (κ2) is 5.11. The van der Waals surface area contributed by atoms with Crippen LogP contribution < -0.4 is 10.8 Å². The zero-order chi connectivity index (χ0) is 15.0. The highest BCUT2D eigenvalue weighted by molar-refractivity contribution is 6.62. The first-order valence-electron chi connectivity index (χ1n) is 6.62. The molecule has 0 unspecified atom stereocenters. The molecule has 20 heavy (non-hydrogen) atoms. The van der Waals surface area contributed by atoms with E-state index >= 15 is 0 Å². The highest BCUT2D eigenvalue weighted by Gasteiger charge is 2.51. The zero-order valence-corrected chi connectivity index (χ0v) is 12.3. The third kappa shape index (κ3) is 2.97. The summed E-state index contributed by atoms with van der Waals surface area (Å²) in [5, 5.41) is 10.9. The van der Waals surface area contributed by atoms with Gasteiger partial charge in [-0.25, -0.2) is 4.79 Å². The maximum absolute atomic E-state index is 10.4. The lowest BCUT2D eigenvalue weighted by molar-refractivity contribution is 0.00578. The lowest BCUT2D eigenvalue weighted by Crippen LogP contribution is -2.41. The minimum absolute atomic E-state index is 0.291. The summed E-state index contributed by atoms with van der Waals surface area (Å²) in [5.74, 6) is 0. The normalized spacial score (nSPS) is 19.9. The number of hydrogen-bond donors (Lipinski definition) is 2. The van der Waals surface area contributed by atoms with E-state index in [4.69, 9.17) is 14.4 Å². The van der Waals surface area contributed by atoms with Gasteiger partial charge in [0.15, 0.2) is 0 Å². The van der Waals surface area contributed by atoms with Crippen LogP contribution in [0.1, 0.15) is 33.3 Å². The molecule has 1 aliphatic heterocycles. The Morgan fingerprint density at radius 1 is 1.15 bits per heavy atom. The first kappa shape index (κ1) is 14.9. The Morgan fingerprint density at radius 2 is 1.65 bits per heavy atom. The first-order chi connectivity index (χ1) is 9.21. The third-order valence-electron chi connectivity index (χ3n) is 3.95. The minimum Gasteiger partial charge on any atom is -0.465 e. The van der Waals surface area contributed by atoms with Crippen LogP contribution in [0.4, 0.5) is 4.79 Å². The van der Waals surface area contributed by atoms with E-state index in [2.05, 4.69) is 5.32 Å². The third-order valence-corrected chi connectivity index (χ3v) is 3.95. The topological polar surface area (TPSA) is 67.8 Å². The van der Waals surface area contributed by atoms with Gasteiger partial charge in [0.1, 0.15) is 0 Å². The number of carboxylic acid groups (broad SMARTS) is 1. The minimum atomic E-state index is -1.03. The molecule has 108 valence electrons. The molecule has 1 aromatic rings. The van der Waals surface area contributed by atoms with Gasteiger partial charge < -0.3 is 19.7 Å². The average Bonchev–Trinajstić information content (AvgIpc) is 2.56. The molecule has 1 heterocycles. The van der Waals surface area contributed by atoms with Gasteiger partial charge in [0.25, 0.3) is 0 Å². The van der Waals surface area contributed by atoms with Gasteiger partial charge in [-0.2, -0.15) is 0 Å². The van der Waals surface area contributed by atoms with Crippen molar-refractivity contribution < 1.29 is 19.2 Å². The van der Waals surface area contributed by atoms with E-state index in [-0.39, 0.29) is 18.3 Å². The van der Waals surface area contributed by atoms with Crippen LogP contribution in [0.5, 0.6) is 0 Å². The van der Waals surface area contributed by atoms with E-state index in [9.17, 15) is 4.79 Å². The molecule has 2 rings (SSSR count). The number of carbonyl (C=O) groups is 1. The summed E-state index contributed by atoms with van der Waals surface area (Å²) in [6.07, 6.45) is -1.03. The van der Waals surface area contributed by atoms with Gasteiger partial charge in [0.05, 0.1) is 11.2 Å². The molecule has 5 nitrogen and oxygen atoms in total. The molecule has 2 N–H and O–H groups in total. The van der Waals surface area contributed by atoms with Crippen molar-refractivity contribution in [2.24, 2.45) is 0 Å². The Morgan fingerprint density at radius 3 is 2.10 bits per heavy atom. The van der Waals surface area contributed by atoms with Crippen LogP contribution in [0.2, 0.25) is 0 Å². The molecular weight excluding hydrogens is 257 g/mol. The Labute approximate surface area is 119 Å². The van der Waals surface area contributed by atoms with E-state index in [0.29, 0.717) is 6.54 Å². The summed E-state index contributed by atoms with van der Waals surface area (Å²) in [7, 11) is -0.388. The molecule has 1 amide bonds. The molecular formula is C14H20BNO4. The van der Waals surface area contributed by atoms with Crippen molar-refractivity contribution in [2.75, 3.05) is 0 Å². The summed E-state index contributed by atoms with van der Waals surface area (Å²) < 4.78 is 11.9. The second-order valence-corrected chi connectivity index (χ2v) is 5.99. The second-order valence-electron chi connectivity index (χ2n) is 5.99. The van der Waals surface area contributed by atoms with Crippen molar-refractivity contribution in [3.05, 3.63) is 29.8 Å². The van der Waals surface area contributed by atoms with E-state index in [0.717, 1.165) is 11.0 Å². The maximum atomic E-state index is 10.4. The van der Waals surface area contributed by atoms with E-state index < -0.39 is 6.09 Å². The van der Waals surface area contributed by atoms with Crippen LogP contribution in [0.3, 0.4) is 0 Å². The lowest BCUT2D eigenvalue weighted by Gasteiger charge is -2.32. The lowest BCUT2D eigenvalue weighted by atomic mass is 9.79. The Kier molecular flexibility index (Phi) is 3.80. The number of amides is 1. The summed E-state index contributed by atoms with van der Waals surface area (Å²) >= 11 is 0. The molecule has 0 saturated carbocycles. The van der Waals surface area contributed by atoms with Crippen LogP contribution in [0.25, 0.3) is 0 Å². The standard InChI is InChI=1S/C14H20BNO4/c1-13(2)14(3,4)20-15(19-13)11-7-5-10(6-8-11)9-16-12(17)18/h5-8,16H,9H2,1-4H3,(H,17,18). The predicted octanol–water partition coefficient (Wildman–Crippen LogP) is 1.75. The van der Waals surface area contributed by atoms with Crippen molar-refractivity contribution >= 4 is 18.7 Å². The van der Waals surface area contributed by atoms with Crippen molar-refractivity contribution in [2.45, 2.75) is 45.4 Å². The molecule has 1 aliphatic rings. The van der Waals surface area contributed by atoms with Crippen molar-refractivity contribution in [3.63, 3.8) is 0 Å². The van der Waals surface area contributed by atoms with Crippen LogP contribution in [0, 0.1) is 0 Å². The molecule has 0 atom stereocenters. The fraction of sp³-hybridized carbons (Fsp3) is 0.500. The summed E-state index contributed by atoms with van der Waals surface area (Å²) in [5.41, 5.74) is 1.11. The molecule has 6 heteroatoms. The molecule has 0 spiro atoms. The Hall–Kier alpha value is -1.53. The van der Waals surface area contributed by atoms with Crippen molar-refractivity contribution in [1.29, 1.82) is 0 Å². The van der Waals surface area contributed by atoms with Crippen molar-refractivity contribution in [3.8, 4) is 0 Å². The quantitative estimate of drug-likeness (QED) is 0.826. The largest absolute Gasteiger partial charge is 0.494 e. The predicted molar refractivity (Wildman–Crippen MR) is 77.0 cm³/mol. The molecule has 1 aromatic carbocycles. The van der Waals surface area contributed by atoms with Gasteiger partial charge in [0, 0.05) is 6.54 Å². The van der Waals surface area contributed by atoms with Gasteiger partial charge in [-0.3, -0.25) is 0 Å². The fourth-order valence-corrected chi connectivity index (χ4v) is 1.95. The van der Waals surface area contributed by atoms with Gasteiger partial charge in [-0.1, -0.05) is 24.3 Å². The number of nitrogens with one attached hydrogen (secondary N) is 1. The highest BCUT2D eigenvalue weighted by Crippen LogP contribution is 2.36. The Bertz CT molecular complexity index is 482. The molecule has 0 radical (unpaired) electrons. The smallest absolute Gasteiger partial charge is 0.465 e. The molecule has 0 aliphatic carbocycles. The SMILES string of the molecule is CC1(C)OB(c2ccc(CNC(=O)O)cc2)OC1(C)C. The average molecular weight is 277 g/mol. The molecule has 0 aromatic heterocycles. The highest BCUT2D eigenvalue weighted by atomic mass is 16.7. The molecule has 0 bridgehead atoms. The van der Waals surface area contributed by atoms with E-state index in [1.807, 2.05) is 52.0 Å². The van der Waals surface area contributed by atoms with Crippen LogP contribution in [-0.4, -0.2) is 29.5 Å². The number of rotatable bonds is 3. The summed E-state index contributed by atoms with van der Waals surface area (Å²) in [6.45, 7) is 8.34. The summed E-state index contributed by atoms with van der Waals surface area (Å²) in [6, 6.07) is 7.55. The molecule has 1 saturated heterocycles. The van der Waals surface area contributed by atoms with Crippen LogP contribution in [0.15, 0.2) is 24.3 Å². The van der Waals surface area contributed by atoms with E-state index in [1.54, 1.807) is 0 Å². The van der Waals surface area contributed by atoms with Crippen LogP contribution in [-0.2, 0) is 15.9 Å². The van der Waals surface area contributed by atoms with E-state index in [1.165, 1.54) is 0 Å². The van der Waals surface area contributed by atoms with Gasteiger partial charge >= 0.3 is 13.2 Å². The molecule has 1 fully saturated rings.